The SMILES string of the molecule is CCCCN(CCCC)c1ccc(C(OC)c2ccc(N(C)C)cc2)c(OCC)c1. The fraction of sp³-hybridized carbons (Fsp3) is 0.538. The Morgan fingerprint density at radius 1 is 0.833 bits per heavy atom. The van der Waals surface area contributed by atoms with Crippen molar-refractivity contribution >= 4 is 11.4 Å². The molecule has 4 nitrogen and oxygen atoms in total. The molecule has 166 valence electrons. The average Bonchev–Trinajstić information content (AvgIpc) is 2.76. The number of anilines is 2. The van der Waals surface area contributed by atoms with Gasteiger partial charge in [0.15, 0.2) is 0 Å². The number of methoxy groups -OCH3 is 1. The number of rotatable bonds is 13. The molecule has 0 aromatic heterocycles. The van der Waals surface area contributed by atoms with Gasteiger partial charge in [-0.3, -0.25) is 0 Å². The number of hydrogen-bond donors (Lipinski definition) is 0. The van der Waals surface area contributed by atoms with Crippen molar-refractivity contribution in [2.75, 3.05) is 50.7 Å². The molecule has 1 atom stereocenters. The molecule has 2 rings (SSSR count). The average molecular weight is 413 g/mol. The molecule has 0 radical (unpaired) electrons. The minimum absolute atomic E-state index is 0.156. The van der Waals surface area contributed by atoms with Gasteiger partial charge in [-0.05, 0) is 43.5 Å². The first-order valence-corrected chi connectivity index (χ1v) is 11.4. The van der Waals surface area contributed by atoms with Crippen molar-refractivity contribution in [3.8, 4) is 5.75 Å². The highest BCUT2D eigenvalue weighted by molar-refractivity contribution is 5.56. The number of nitrogens with zero attached hydrogens (tertiary/aromatic N) is 2. The highest BCUT2D eigenvalue weighted by atomic mass is 16.5. The fourth-order valence-corrected chi connectivity index (χ4v) is 3.67. The van der Waals surface area contributed by atoms with Crippen molar-refractivity contribution in [2.24, 2.45) is 0 Å². The molecule has 0 heterocycles. The van der Waals surface area contributed by atoms with Crippen LogP contribution in [0.3, 0.4) is 0 Å². The topological polar surface area (TPSA) is 24.9 Å². The normalized spacial score (nSPS) is 11.9. The Bertz CT molecular complexity index is 735. The zero-order chi connectivity index (χ0) is 21.9. The molecule has 0 saturated carbocycles. The van der Waals surface area contributed by atoms with Gasteiger partial charge in [-0.15, -0.1) is 0 Å². The number of ether oxygens (including phenoxy) is 2. The summed E-state index contributed by atoms with van der Waals surface area (Å²) >= 11 is 0. The zero-order valence-corrected chi connectivity index (χ0v) is 19.8. The minimum atomic E-state index is -0.156. The van der Waals surface area contributed by atoms with Crippen LogP contribution in [0.4, 0.5) is 11.4 Å². The summed E-state index contributed by atoms with van der Waals surface area (Å²) in [6.07, 6.45) is 4.65. The molecule has 0 spiro atoms. The van der Waals surface area contributed by atoms with E-state index in [1.54, 1.807) is 7.11 Å². The van der Waals surface area contributed by atoms with E-state index < -0.39 is 0 Å². The molecule has 0 fully saturated rings. The van der Waals surface area contributed by atoms with E-state index in [0.29, 0.717) is 6.61 Å². The maximum absolute atomic E-state index is 6.09. The standard InChI is InChI=1S/C26H40N2O2/c1-7-10-18-28(19-11-8-2)23-16-17-24(25(20-23)30-9-3)26(29-6)21-12-14-22(15-13-21)27(4)5/h12-17,20,26H,7-11,18-19H2,1-6H3. The maximum Gasteiger partial charge on any atom is 0.127 e. The first-order valence-electron chi connectivity index (χ1n) is 11.4. The van der Waals surface area contributed by atoms with Gasteiger partial charge in [-0.25, -0.2) is 0 Å². The van der Waals surface area contributed by atoms with Crippen LogP contribution >= 0.6 is 0 Å². The molecule has 0 aliphatic rings. The summed E-state index contributed by atoms with van der Waals surface area (Å²) in [5, 5.41) is 0. The molecular formula is C26H40N2O2. The second-order valence-corrected chi connectivity index (χ2v) is 7.95. The van der Waals surface area contributed by atoms with E-state index in [2.05, 4.69) is 80.2 Å². The fourth-order valence-electron chi connectivity index (χ4n) is 3.67. The predicted octanol–water partition coefficient (Wildman–Crippen LogP) is 6.29. The van der Waals surface area contributed by atoms with Gasteiger partial charge in [0.05, 0.1) is 6.61 Å². The summed E-state index contributed by atoms with van der Waals surface area (Å²) in [6.45, 7) is 9.34. The summed E-state index contributed by atoms with van der Waals surface area (Å²) in [7, 11) is 5.87. The van der Waals surface area contributed by atoms with E-state index in [1.165, 1.54) is 37.1 Å². The van der Waals surface area contributed by atoms with Crippen LogP contribution in [0.2, 0.25) is 0 Å². The molecule has 2 aromatic carbocycles. The van der Waals surface area contributed by atoms with Crippen molar-refractivity contribution in [3.63, 3.8) is 0 Å². The molecule has 4 heteroatoms. The summed E-state index contributed by atoms with van der Waals surface area (Å²) in [5.41, 5.74) is 4.62. The van der Waals surface area contributed by atoms with Crippen molar-refractivity contribution in [2.45, 2.75) is 52.6 Å². The zero-order valence-electron chi connectivity index (χ0n) is 19.8. The van der Waals surface area contributed by atoms with Crippen LogP contribution in [0.15, 0.2) is 42.5 Å². The van der Waals surface area contributed by atoms with Gasteiger partial charge < -0.3 is 19.3 Å². The van der Waals surface area contributed by atoms with Gasteiger partial charge >= 0.3 is 0 Å². The van der Waals surface area contributed by atoms with E-state index in [4.69, 9.17) is 9.47 Å². The third-order valence-corrected chi connectivity index (χ3v) is 5.46. The van der Waals surface area contributed by atoms with Gasteiger partial charge in [-0.2, -0.15) is 0 Å². The molecule has 2 aromatic rings. The Kier molecular flexibility index (Phi) is 10.0. The third-order valence-electron chi connectivity index (χ3n) is 5.46. The minimum Gasteiger partial charge on any atom is -0.493 e. The summed E-state index contributed by atoms with van der Waals surface area (Å²) in [4.78, 5) is 4.60. The van der Waals surface area contributed by atoms with Crippen molar-refractivity contribution in [1.82, 2.24) is 0 Å². The smallest absolute Gasteiger partial charge is 0.127 e. The van der Waals surface area contributed by atoms with Crippen molar-refractivity contribution in [3.05, 3.63) is 53.6 Å². The quantitative estimate of drug-likeness (QED) is 0.386. The highest BCUT2D eigenvalue weighted by Crippen LogP contribution is 2.36. The third kappa shape index (κ3) is 6.40. The van der Waals surface area contributed by atoms with Gasteiger partial charge in [0.25, 0.3) is 0 Å². The molecule has 0 aliphatic carbocycles. The Morgan fingerprint density at radius 3 is 1.93 bits per heavy atom. The Balaban J connectivity index is 2.37. The Hall–Kier alpha value is -2.20. The van der Waals surface area contributed by atoms with Crippen LogP contribution < -0.4 is 14.5 Å². The van der Waals surface area contributed by atoms with Gasteiger partial charge in [0.2, 0.25) is 0 Å². The van der Waals surface area contributed by atoms with Crippen molar-refractivity contribution < 1.29 is 9.47 Å². The Labute approximate surface area is 183 Å². The van der Waals surface area contributed by atoms with Crippen LogP contribution in [-0.4, -0.2) is 40.9 Å². The van der Waals surface area contributed by atoms with E-state index in [-0.39, 0.29) is 6.10 Å². The molecular weight excluding hydrogens is 372 g/mol. The maximum atomic E-state index is 6.09. The van der Waals surface area contributed by atoms with Gasteiger partial charge in [0, 0.05) is 57.3 Å². The van der Waals surface area contributed by atoms with Crippen LogP contribution in [-0.2, 0) is 4.74 Å². The monoisotopic (exact) mass is 412 g/mol. The first kappa shape index (κ1) is 24.1. The van der Waals surface area contributed by atoms with E-state index in [9.17, 15) is 0 Å². The van der Waals surface area contributed by atoms with E-state index >= 15 is 0 Å². The van der Waals surface area contributed by atoms with Crippen LogP contribution in [0.5, 0.6) is 5.75 Å². The lowest BCUT2D eigenvalue weighted by atomic mass is 9.99. The molecule has 30 heavy (non-hydrogen) atoms. The lowest BCUT2D eigenvalue weighted by Gasteiger charge is -2.27. The second kappa shape index (κ2) is 12.5. The Morgan fingerprint density at radius 2 is 1.43 bits per heavy atom. The first-order chi connectivity index (χ1) is 14.5. The van der Waals surface area contributed by atoms with Gasteiger partial charge in [0.1, 0.15) is 11.9 Å². The second-order valence-electron chi connectivity index (χ2n) is 7.95. The molecule has 0 saturated heterocycles. The highest BCUT2D eigenvalue weighted by Gasteiger charge is 2.20. The van der Waals surface area contributed by atoms with Crippen molar-refractivity contribution in [1.29, 1.82) is 0 Å². The molecule has 0 N–H and O–H groups in total. The molecule has 0 amide bonds. The number of hydrogen-bond acceptors (Lipinski definition) is 4. The molecule has 0 bridgehead atoms. The summed E-state index contributed by atoms with van der Waals surface area (Å²) < 4.78 is 12.0. The summed E-state index contributed by atoms with van der Waals surface area (Å²) in [5.74, 6) is 0.913. The van der Waals surface area contributed by atoms with Crippen LogP contribution in [0.1, 0.15) is 63.7 Å². The predicted molar refractivity (Wildman–Crippen MR) is 129 cm³/mol. The van der Waals surface area contributed by atoms with E-state index in [1.807, 2.05) is 6.92 Å². The van der Waals surface area contributed by atoms with Crippen LogP contribution in [0, 0.1) is 0 Å². The van der Waals surface area contributed by atoms with Gasteiger partial charge in [-0.1, -0.05) is 44.9 Å². The lowest BCUT2D eigenvalue weighted by molar-refractivity contribution is 0.133. The largest absolute Gasteiger partial charge is 0.493 e. The molecule has 1 unspecified atom stereocenters. The lowest BCUT2D eigenvalue weighted by Crippen LogP contribution is -2.25. The number of unbranched alkanes of at least 4 members (excludes halogenated alkanes) is 2. The molecule has 0 aliphatic heterocycles. The number of benzene rings is 2. The summed E-state index contributed by atoms with van der Waals surface area (Å²) in [6, 6.07) is 15.2. The van der Waals surface area contributed by atoms with Crippen LogP contribution in [0.25, 0.3) is 0 Å². The van der Waals surface area contributed by atoms with E-state index in [0.717, 1.165) is 30.0 Å².